The molecule has 0 spiro atoms. The van der Waals surface area contributed by atoms with E-state index in [-0.39, 0.29) is 17.6 Å². The Hall–Kier alpha value is -4.51. The maximum absolute atomic E-state index is 14.2. The number of aryl methyl sites for hydroxylation is 1. The summed E-state index contributed by atoms with van der Waals surface area (Å²) in [7, 11) is 0. The van der Waals surface area contributed by atoms with E-state index in [1.54, 1.807) is 29.2 Å². The monoisotopic (exact) mass is 595 g/mol. The van der Waals surface area contributed by atoms with Crippen molar-refractivity contribution in [3.8, 4) is 11.5 Å². The third-order valence-corrected chi connectivity index (χ3v) is 9.60. The highest BCUT2D eigenvalue weighted by molar-refractivity contribution is 7.24. The van der Waals surface area contributed by atoms with Crippen LogP contribution in [0, 0.1) is 12.8 Å². The molecule has 1 saturated heterocycles. The maximum atomic E-state index is 14.2. The third kappa shape index (κ3) is 4.77. The second-order valence-corrected chi connectivity index (χ2v) is 12.1. The van der Waals surface area contributed by atoms with Crippen LogP contribution >= 0.6 is 11.3 Å². The molecule has 3 aromatic carbocycles. The molecule has 0 radical (unpaired) electrons. The summed E-state index contributed by atoms with van der Waals surface area (Å²) in [4.78, 5) is 41.4. The molecule has 10 heteroatoms. The van der Waals surface area contributed by atoms with Crippen molar-refractivity contribution < 1.29 is 19.1 Å². The minimum atomic E-state index is -1.55. The van der Waals surface area contributed by atoms with Crippen LogP contribution in [-0.2, 0) is 19.9 Å². The molecular weight excluding hydrogens is 562 g/mol. The number of thiophene rings is 1. The van der Waals surface area contributed by atoms with E-state index in [1.807, 2.05) is 43.3 Å². The quantitative estimate of drug-likeness (QED) is 0.186. The number of hydrogen-bond acceptors (Lipinski definition) is 8. The van der Waals surface area contributed by atoms with Crippen molar-refractivity contribution in [3.63, 3.8) is 0 Å². The van der Waals surface area contributed by atoms with Gasteiger partial charge < -0.3 is 32.2 Å². The Morgan fingerprint density at radius 2 is 1.86 bits per heavy atom. The zero-order valence-electron chi connectivity index (χ0n) is 23.8. The van der Waals surface area contributed by atoms with Gasteiger partial charge in [-0.05, 0) is 72.9 Å². The summed E-state index contributed by atoms with van der Waals surface area (Å²) >= 11 is 1.28. The zero-order valence-corrected chi connectivity index (χ0v) is 24.6. The van der Waals surface area contributed by atoms with Gasteiger partial charge >= 0.3 is 0 Å². The van der Waals surface area contributed by atoms with Crippen molar-refractivity contribution in [3.05, 3.63) is 95.6 Å². The van der Waals surface area contributed by atoms with Crippen molar-refractivity contribution in [2.24, 2.45) is 17.4 Å². The number of carbonyl (C=O) groups excluding carboxylic acids is 3. The van der Waals surface area contributed by atoms with E-state index in [4.69, 9.17) is 21.9 Å². The molecule has 0 saturated carbocycles. The Morgan fingerprint density at radius 3 is 2.58 bits per heavy atom. The fourth-order valence-corrected chi connectivity index (χ4v) is 7.46. The number of carbonyl (C=O) groups is 3. The highest BCUT2D eigenvalue weighted by Crippen LogP contribution is 2.52. The van der Waals surface area contributed by atoms with Crippen molar-refractivity contribution in [1.82, 2.24) is 4.90 Å². The number of benzene rings is 3. The summed E-state index contributed by atoms with van der Waals surface area (Å²) in [6.07, 6.45) is 2.60. The van der Waals surface area contributed by atoms with Crippen LogP contribution in [-0.4, -0.2) is 35.6 Å². The average Bonchev–Trinajstić information content (AvgIpc) is 3.39. The molecule has 9 nitrogen and oxygen atoms in total. The highest BCUT2D eigenvalue weighted by Gasteiger charge is 2.49. The molecule has 1 fully saturated rings. The number of hydrogen-bond donors (Lipinski definition) is 4. The first kappa shape index (κ1) is 28.6. The summed E-state index contributed by atoms with van der Waals surface area (Å²) in [5, 5.41) is 4.17. The average molecular weight is 596 g/mol. The SMILES string of the molecule is C=CC(=O)N1CCCC(C(=O)Nc2sc3c(N)ccc4c3c2C(N)C(=O)C4(N)c2ccc(Oc3ccccc3)cc2C)C1. The van der Waals surface area contributed by atoms with Gasteiger partial charge in [0, 0.05) is 29.7 Å². The van der Waals surface area contributed by atoms with Gasteiger partial charge in [0.2, 0.25) is 11.8 Å². The van der Waals surface area contributed by atoms with Gasteiger partial charge in [-0.15, -0.1) is 11.3 Å². The van der Waals surface area contributed by atoms with Gasteiger partial charge in [-0.25, -0.2) is 0 Å². The number of nitrogens with two attached hydrogens (primary N) is 3. The zero-order chi connectivity index (χ0) is 30.5. The second kappa shape index (κ2) is 11.0. The van der Waals surface area contributed by atoms with Crippen LogP contribution in [0.2, 0.25) is 0 Å². The number of para-hydroxylation sites is 1. The molecule has 2 aliphatic rings. The predicted octanol–water partition coefficient (Wildman–Crippen LogP) is 4.73. The number of nitrogens with zero attached hydrogens (tertiary/aromatic N) is 1. The number of nitrogens with one attached hydrogen (secondary N) is 1. The first-order chi connectivity index (χ1) is 20.6. The standard InChI is InChI=1S/C33H33N5O4S/c1-3-25(39)38-15-7-8-19(17-38)31(41)37-32-27-26-23(13-14-24(34)29(26)43-32)33(36,30(40)28(27)35)22-12-11-21(16-18(22)2)42-20-9-5-4-6-10-20/h3-6,9-14,16,19,28H,1,7-8,15,17,34-36H2,2H3,(H,37,41). The van der Waals surface area contributed by atoms with Gasteiger partial charge in [0.05, 0.1) is 16.7 Å². The number of ketones is 1. The van der Waals surface area contributed by atoms with Crippen molar-refractivity contribution in [2.75, 3.05) is 24.1 Å². The minimum Gasteiger partial charge on any atom is -0.457 e. The topological polar surface area (TPSA) is 154 Å². The Morgan fingerprint density at radius 1 is 1.12 bits per heavy atom. The van der Waals surface area contributed by atoms with Crippen LogP contribution in [0.4, 0.5) is 10.7 Å². The van der Waals surface area contributed by atoms with Gasteiger partial charge in [-0.1, -0.05) is 36.9 Å². The summed E-state index contributed by atoms with van der Waals surface area (Å²) < 4.78 is 6.70. The Labute approximate surface area is 253 Å². The molecule has 2 amide bonds. The van der Waals surface area contributed by atoms with Crippen molar-refractivity contribution in [2.45, 2.75) is 31.3 Å². The fourth-order valence-electron chi connectivity index (χ4n) is 6.25. The highest BCUT2D eigenvalue weighted by atomic mass is 32.1. The molecular formula is C33H33N5O4S. The van der Waals surface area contributed by atoms with Crippen LogP contribution in [0.1, 0.15) is 41.1 Å². The van der Waals surface area contributed by atoms with E-state index in [9.17, 15) is 14.4 Å². The molecule has 4 aromatic rings. The Balaban J connectivity index is 1.38. The van der Waals surface area contributed by atoms with Crippen LogP contribution in [0.3, 0.4) is 0 Å². The molecule has 7 N–H and O–H groups in total. The number of likely N-dealkylation sites (tertiary alicyclic amines) is 1. The number of piperidine rings is 1. The number of anilines is 2. The van der Waals surface area contributed by atoms with E-state index in [0.717, 1.165) is 5.56 Å². The molecule has 6 rings (SSSR count). The van der Waals surface area contributed by atoms with Crippen LogP contribution < -0.4 is 27.3 Å². The molecule has 0 bridgehead atoms. The number of ether oxygens (including phenoxy) is 1. The molecule has 2 heterocycles. The maximum Gasteiger partial charge on any atom is 0.245 e. The van der Waals surface area contributed by atoms with E-state index in [2.05, 4.69) is 11.9 Å². The third-order valence-electron chi connectivity index (χ3n) is 8.43. The fraction of sp³-hybridized carbons (Fsp3) is 0.242. The van der Waals surface area contributed by atoms with E-state index in [0.29, 0.717) is 74.9 Å². The first-order valence-corrected chi connectivity index (χ1v) is 15.0. The summed E-state index contributed by atoms with van der Waals surface area (Å²) in [5.74, 6) is 0.0741. The summed E-state index contributed by atoms with van der Waals surface area (Å²) in [6.45, 7) is 6.32. The van der Waals surface area contributed by atoms with Crippen LogP contribution in [0.5, 0.6) is 11.5 Å². The molecule has 43 heavy (non-hydrogen) atoms. The predicted molar refractivity (Wildman–Crippen MR) is 169 cm³/mol. The van der Waals surface area contributed by atoms with Crippen LogP contribution in [0.25, 0.3) is 10.1 Å². The first-order valence-electron chi connectivity index (χ1n) is 14.1. The molecule has 1 aromatic heterocycles. The van der Waals surface area contributed by atoms with Gasteiger partial charge in [0.25, 0.3) is 0 Å². The van der Waals surface area contributed by atoms with Gasteiger partial charge in [0.1, 0.15) is 22.0 Å². The lowest BCUT2D eigenvalue weighted by Gasteiger charge is -2.37. The number of Topliss-reactive ketones (excluding diaryl/α,β-unsaturated/α-hetero) is 1. The molecule has 220 valence electrons. The molecule has 1 aliphatic heterocycles. The molecule has 1 aliphatic carbocycles. The number of nitrogen functional groups attached to an aromatic ring is 1. The van der Waals surface area contributed by atoms with Gasteiger partial charge in [-0.2, -0.15) is 0 Å². The van der Waals surface area contributed by atoms with E-state index >= 15 is 0 Å². The summed E-state index contributed by atoms with van der Waals surface area (Å²) in [6, 6.07) is 17.3. The molecule has 3 atom stereocenters. The lowest BCUT2D eigenvalue weighted by Crippen LogP contribution is -2.52. The van der Waals surface area contributed by atoms with E-state index < -0.39 is 17.5 Å². The second-order valence-electron chi connectivity index (χ2n) is 11.1. The lowest BCUT2D eigenvalue weighted by molar-refractivity contribution is -0.130. The number of amides is 2. The lowest BCUT2D eigenvalue weighted by atomic mass is 9.70. The largest absolute Gasteiger partial charge is 0.457 e. The Kier molecular flexibility index (Phi) is 7.29. The van der Waals surface area contributed by atoms with Crippen LogP contribution in [0.15, 0.2) is 73.3 Å². The van der Waals surface area contributed by atoms with E-state index in [1.165, 1.54) is 17.4 Å². The van der Waals surface area contributed by atoms with Gasteiger partial charge in [0.15, 0.2) is 5.78 Å². The Bertz CT molecular complexity index is 1790. The number of rotatable bonds is 6. The summed E-state index contributed by atoms with van der Waals surface area (Å²) in [5.41, 5.74) is 21.6. The van der Waals surface area contributed by atoms with Crippen molar-refractivity contribution >= 4 is 49.7 Å². The van der Waals surface area contributed by atoms with Crippen molar-refractivity contribution in [1.29, 1.82) is 0 Å². The minimum absolute atomic E-state index is 0.200. The normalized spacial score (nSPS) is 21.5. The van der Waals surface area contributed by atoms with Gasteiger partial charge in [-0.3, -0.25) is 14.4 Å². The smallest absolute Gasteiger partial charge is 0.245 e. The molecule has 3 unspecified atom stereocenters.